The second-order valence-corrected chi connectivity index (χ2v) is 8.12. The van der Waals surface area contributed by atoms with Crippen LogP contribution in [0.25, 0.3) is 0 Å². The maximum absolute atomic E-state index is 12.5. The lowest BCUT2D eigenvalue weighted by Crippen LogP contribution is -2.49. The molecular weight excluding hydrogens is 366 g/mol. The van der Waals surface area contributed by atoms with E-state index in [1.165, 1.54) is 36.7 Å². The summed E-state index contributed by atoms with van der Waals surface area (Å²) in [6, 6.07) is 9.88. The number of nitrogens with zero attached hydrogens (tertiary/aromatic N) is 1. The third kappa shape index (κ3) is 4.63. The second-order valence-electron chi connectivity index (χ2n) is 8.12. The van der Waals surface area contributed by atoms with Crippen LogP contribution in [-0.2, 0) is 12.8 Å². The number of benzene rings is 1. The highest BCUT2D eigenvalue weighted by Gasteiger charge is 2.26. The lowest BCUT2D eigenvalue weighted by atomic mass is 9.89. The van der Waals surface area contributed by atoms with E-state index in [1.807, 2.05) is 6.92 Å². The van der Waals surface area contributed by atoms with Crippen LogP contribution in [0.2, 0.25) is 0 Å². The van der Waals surface area contributed by atoms with Gasteiger partial charge in [-0.3, -0.25) is 4.79 Å². The predicted molar refractivity (Wildman–Crippen MR) is 111 cm³/mol. The minimum atomic E-state index is -0.147. The van der Waals surface area contributed by atoms with Crippen molar-refractivity contribution in [3.8, 4) is 0 Å². The number of hydrogen-bond donors (Lipinski definition) is 2. The number of furan rings is 1. The van der Waals surface area contributed by atoms with Crippen LogP contribution in [0.5, 0.6) is 0 Å². The van der Waals surface area contributed by atoms with E-state index >= 15 is 0 Å². The summed E-state index contributed by atoms with van der Waals surface area (Å²) in [4.78, 5) is 26.6. The topological polar surface area (TPSA) is 74.6 Å². The molecule has 1 aromatic heterocycles. The number of amides is 3. The molecule has 6 nitrogen and oxygen atoms in total. The van der Waals surface area contributed by atoms with Crippen LogP contribution in [0.4, 0.5) is 4.79 Å². The van der Waals surface area contributed by atoms with E-state index in [-0.39, 0.29) is 24.0 Å². The van der Waals surface area contributed by atoms with Gasteiger partial charge in [-0.1, -0.05) is 18.2 Å². The largest absolute Gasteiger partial charge is 0.459 e. The molecule has 29 heavy (non-hydrogen) atoms. The minimum absolute atomic E-state index is 0.0390. The average Bonchev–Trinajstić information content (AvgIpc) is 3.28. The van der Waals surface area contributed by atoms with Crippen LogP contribution < -0.4 is 10.6 Å². The van der Waals surface area contributed by atoms with E-state index < -0.39 is 0 Å². The Kier molecular flexibility index (Phi) is 5.88. The second kappa shape index (κ2) is 8.72. The number of likely N-dealkylation sites (tertiary alicyclic amines) is 1. The maximum Gasteiger partial charge on any atom is 0.315 e. The Morgan fingerprint density at radius 3 is 2.59 bits per heavy atom. The molecule has 0 saturated carbocycles. The normalized spacial score (nSPS) is 18.0. The van der Waals surface area contributed by atoms with E-state index in [4.69, 9.17) is 4.42 Å². The molecule has 1 aromatic carbocycles. The monoisotopic (exact) mass is 395 g/mol. The van der Waals surface area contributed by atoms with Gasteiger partial charge in [-0.15, -0.1) is 0 Å². The van der Waals surface area contributed by atoms with Crippen molar-refractivity contribution in [2.45, 2.75) is 57.5 Å². The number of hydrogen-bond acceptors (Lipinski definition) is 3. The Hall–Kier alpha value is -2.76. The molecule has 2 aromatic rings. The lowest BCUT2D eigenvalue weighted by Gasteiger charge is -2.32. The third-order valence-corrected chi connectivity index (χ3v) is 6.07. The fourth-order valence-corrected chi connectivity index (χ4v) is 4.31. The van der Waals surface area contributed by atoms with Crippen LogP contribution in [-0.4, -0.2) is 36.0 Å². The van der Waals surface area contributed by atoms with Crippen LogP contribution in [0.3, 0.4) is 0 Å². The SMILES string of the molecule is CC(NC(=O)NC1CCN(C(=O)c2ccco2)CC1)c1ccc2c(c1)CCCC2. The van der Waals surface area contributed by atoms with Crippen molar-refractivity contribution < 1.29 is 14.0 Å². The summed E-state index contributed by atoms with van der Waals surface area (Å²) >= 11 is 0. The van der Waals surface area contributed by atoms with Crippen LogP contribution in [0.1, 0.15) is 65.9 Å². The smallest absolute Gasteiger partial charge is 0.315 e. The van der Waals surface area contributed by atoms with Gasteiger partial charge in [0.2, 0.25) is 0 Å². The van der Waals surface area contributed by atoms with Gasteiger partial charge in [0, 0.05) is 19.1 Å². The van der Waals surface area contributed by atoms with Crippen LogP contribution in [0.15, 0.2) is 41.0 Å². The molecule has 3 amide bonds. The number of piperidine rings is 1. The van der Waals surface area contributed by atoms with Gasteiger partial charge in [-0.05, 0) is 74.3 Å². The van der Waals surface area contributed by atoms with E-state index in [2.05, 4.69) is 28.8 Å². The summed E-state index contributed by atoms with van der Waals surface area (Å²) in [6.07, 6.45) is 7.82. The van der Waals surface area contributed by atoms with Crippen molar-refractivity contribution in [3.05, 3.63) is 59.0 Å². The zero-order valence-electron chi connectivity index (χ0n) is 16.9. The summed E-state index contributed by atoms with van der Waals surface area (Å²) in [5.74, 6) is 0.284. The molecule has 1 unspecified atom stereocenters. The van der Waals surface area contributed by atoms with Crippen molar-refractivity contribution in [1.82, 2.24) is 15.5 Å². The Morgan fingerprint density at radius 1 is 1.10 bits per heavy atom. The zero-order valence-corrected chi connectivity index (χ0v) is 16.9. The van der Waals surface area contributed by atoms with Gasteiger partial charge >= 0.3 is 6.03 Å². The number of aryl methyl sites for hydroxylation is 2. The van der Waals surface area contributed by atoms with Gasteiger partial charge in [0.15, 0.2) is 5.76 Å². The molecule has 2 aliphatic rings. The number of fused-ring (bicyclic) bond motifs is 1. The van der Waals surface area contributed by atoms with Gasteiger partial charge < -0.3 is 20.0 Å². The van der Waals surface area contributed by atoms with E-state index in [1.54, 1.807) is 17.0 Å². The lowest BCUT2D eigenvalue weighted by molar-refractivity contribution is 0.0676. The van der Waals surface area contributed by atoms with Crippen LogP contribution >= 0.6 is 0 Å². The first-order valence-corrected chi connectivity index (χ1v) is 10.6. The van der Waals surface area contributed by atoms with Gasteiger partial charge in [0.25, 0.3) is 5.91 Å². The first-order chi connectivity index (χ1) is 14.1. The van der Waals surface area contributed by atoms with Crippen molar-refractivity contribution in [3.63, 3.8) is 0 Å². The fraction of sp³-hybridized carbons (Fsp3) is 0.478. The zero-order chi connectivity index (χ0) is 20.2. The number of carbonyl (C=O) groups is 2. The molecule has 6 heteroatoms. The Labute approximate surface area is 171 Å². The highest BCUT2D eigenvalue weighted by molar-refractivity contribution is 5.91. The minimum Gasteiger partial charge on any atom is -0.459 e. The number of urea groups is 1. The molecule has 1 aliphatic carbocycles. The summed E-state index contributed by atoms with van der Waals surface area (Å²) in [7, 11) is 0. The highest BCUT2D eigenvalue weighted by atomic mass is 16.3. The summed E-state index contributed by atoms with van der Waals surface area (Å²) < 4.78 is 5.19. The molecular formula is C23H29N3O3. The number of nitrogens with one attached hydrogen (secondary N) is 2. The van der Waals surface area contributed by atoms with Crippen LogP contribution in [0, 0.1) is 0 Å². The van der Waals surface area contributed by atoms with E-state index in [0.29, 0.717) is 18.8 Å². The van der Waals surface area contributed by atoms with Crippen molar-refractivity contribution in [2.75, 3.05) is 13.1 Å². The first-order valence-electron chi connectivity index (χ1n) is 10.6. The van der Waals surface area contributed by atoms with Crippen molar-refractivity contribution >= 4 is 11.9 Å². The molecule has 0 radical (unpaired) electrons. The predicted octanol–water partition coefficient (Wildman–Crippen LogP) is 3.82. The van der Waals surface area contributed by atoms with Crippen molar-refractivity contribution in [1.29, 1.82) is 0 Å². The quantitative estimate of drug-likeness (QED) is 0.826. The average molecular weight is 396 g/mol. The molecule has 0 spiro atoms. The molecule has 154 valence electrons. The molecule has 1 atom stereocenters. The molecule has 4 rings (SSSR count). The molecule has 2 heterocycles. The molecule has 1 aliphatic heterocycles. The summed E-state index contributed by atoms with van der Waals surface area (Å²) in [6.45, 7) is 3.25. The Bertz CT molecular complexity index is 854. The molecule has 0 bridgehead atoms. The summed E-state index contributed by atoms with van der Waals surface area (Å²) in [5.41, 5.74) is 4.03. The maximum atomic E-state index is 12.5. The fourth-order valence-electron chi connectivity index (χ4n) is 4.31. The molecule has 1 fully saturated rings. The third-order valence-electron chi connectivity index (χ3n) is 6.07. The first kappa shape index (κ1) is 19.6. The number of carbonyl (C=O) groups excluding carboxylic acids is 2. The summed E-state index contributed by atoms with van der Waals surface area (Å²) in [5, 5.41) is 6.13. The van der Waals surface area contributed by atoms with Crippen molar-refractivity contribution in [2.24, 2.45) is 0 Å². The Morgan fingerprint density at radius 2 is 1.86 bits per heavy atom. The van der Waals surface area contributed by atoms with E-state index in [9.17, 15) is 9.59 Å². The molecule has 1 saturated heterocycles. The highest BCUT2D eigenvalue weighted by Crippen LogP contribution is 2.24. The van der Waals surface area contributed by atoms with Gasteiger partial charge in [0.1, 0.15) is 0 Å². The standard InChI is InChI=1S/C23H29N3O3/c1-16(18-9-8-17-5-2-3-6-19(17)15-18)24-23(28)25-20-10-12-26(13-11-20)22(27)21-7-4-14-29-21/h4,7-9,14-16,20H,2-3,5-6,10-13H2,1H3,(H2,24,25,28). The van der Waals surface area contributed by atoms with Gasteiger partial charge in [-0.25, -0.2) is 4.79 Å². The Balaban J connectivity index is 1.25. The van der Waals surface area contributed by atoms with E-state index in [0.717, 1.165) is 24.8 Å². The van der Waals surface area contributed by atoms with Gasteiger partial charge in [0.05, 0.1) is 12.3 Å². The van der Waals surface area contributed by atoms with Gasteiger partial charge in [-0.2, -0.15) is 0 Å². The number of rotatable bonds is 4. The molecule has 2 N–H and O–H groups in total.